The van der Waals surface area contributed by atoms with Crippen molar-refractivity contribution in [3.8, 4) is 0 Å². The summed E-state index contributed by atoms with van der Waals surface area (Å²) in [5.41, 5.74) is 1.34. The van der Waals surface area contributed by atoms with Crippen LogP contribution in [0.1, 0.15) is 28.8 Å². The Hall–Kier alpha value is -2.37. The second-order valence-electron chi connectivity index (χ2n) is 5.00. The van der Waals surface area contributed by atoms with Crippen molar-refractivity contribution in [2.24, 2.45) is 0 Å². The molecule has 21 heavy (non-hydrogen) atoms. The average Bonchev–Trinajstić information content (AvgIpc) is 3.27. The Labute approximate surface area is 122 Å². The minimum atomic E-state index is -0.636. The van der Waals surface area contributed by atoms with Crippen molar-refractivity contribution in [1.29, 1.82) is 0 Å². The first-order chi connectivity index (χ1) is 10.1. The van der Waals surface area contributed by atoms with E-state index in [4.69, 9.17) is 4.74 Å². The fourth-order valence-corrected chi connectivity index (χ4v) is 1.77. The maximum absolute atomic E-state index is 11.9. The van der Waals surface area contributed by atoms with Gasteiger partial charge in [-0.15, -0.1) is 0 Å². The van der Waals surface area contributed by atoms with Crippen LogP contribution in [0.25, 0.3) is 0 Å². The van der Waals surface area contributed by atoms with Crippen LogP contribution in [-0.2, 0) is 14.3 Å². The van der Waals surface area contributed by atoms with Crippen LogP contribution in [0.3, 0.4) is 0 Å². The zero-order valence-electron chi connectivity index (χ0n) is 11.8. The summed E-state index contributed by atoms with van der Waals surface area (Å²) in [6.07, 6.45) is 1.96. The minimum absolute atomic E-state index is 0.233. The van der Waals surface area contributed by atoms with Gasteiger partial charge in [-0.2, -0.15) is 0 Å². The van der Waals surface area contributed by atoms with Crippen LogP contribution in [0.5, 0.6) is 0 Å². The van der Waals surface area contributed by atoms with Gasteiger partial charge in [0.25, 0.3) is 11.8 Å². The molecule has 0 unspecified atom stereocenters. The molecule has 0 heterocycles. The normalized spacial score (nSPS) is 13.4. The van der Waals surface area contributed by atoms with Crippen molar-refractivity contribution in [3.05, 3.63) is 35.4 Å². The zero-order chi connectivity index (χ0) is 15.2. The molecule has 6 heteroatoms. The van der Waals surface area contributed by atoms with Gasteiger partial charge in [-0.1, -0.05) is 18.2 Å². The van der Waals surface area contributed by atoms with Gasteiger partial charge in [0.2, 0.25) is 0 Å². The highest BCUT2D eigenvalue weighted by atomic mass is 16.5. The molecule has 1 aliphatic rings. The highest BCUT2D eigenvalue weighted by molar-refractivity contribution is 5.97. The predicted molar refractivity (Wildman–Crippen MR) is 75.6 cm³/mol. The number of hydrogen-bond donors (Lipinski definition) is 2. The van der Waals surface area contributed by atoms with Crippen LogP contribution >= 0.6 is 0 Å². The van der Waals surface area contributed by atoms with E-state index < -0.39 is 5.97 Å². The SMILES string of the molecule is Cc1ccccc1C(=O)NCC(=O)OCC(=O)NC1CC1. The zero-order valence-corrected chi connectivity index (χ0v) is 11.8. The van der Waals surface area contributed by atoms with Gasteiger partial charge >= 0.3 is 5.97 Å². The lowest BCUT2D eigenvalue weighted by atomic mass is 10.1. The molecule has 0 spiro atoms. The third-order valence-corrected chi connectivity index (χ3v) is 3.09. The molecule has 0 aliphatic heterocycles. The largest absolute Gasteiger partial charge is 0.454 e. The summed E-state index contributed by atoms with van der Waals surface area (Å²) in [6.45, 7) is 1.24. The number of aryl methyl sites for hydroxylation is 1. The van der Waals surface area contributed by atoms with Gasteiger partial charge in [0.15, 0.2) is 6.61 Å². The summed E-state index contributed by atoms with van der Waals surface area (Å²) in [6, 6.07) is 7.31. The number of benzene rings is 1. The van der Waals surface area contributed by atoms with Crippen molar-refractivity contribution in [2.75, 3.05) is 13.2 Å². The van der Waals surface area contributed by atoms with E-state index in [9.17, 15) is 14.4 Å². The molecule has 1 fully saturated rings. The van der Waals surface area contributed by atoms with E-state index in [-0.39, 0.29) is 31.0 Å². The van der Waals surface area contributed by atoms with Crippen LogP contribution in [0.4, 0.5) is 0 Å². The van der Waals surface area contributed by atoms with E-state index in [1.54, 1.807) is 12.1 Å². The Balaban J connectivity index is 1.69. The maximum atomic E-state index is 11.9. The van der Waals surface area contributed by atoms with Gasteiger partial charge in [0, 0.05) is 11.6 Å². The monoisotopic (exact) mass is 290 g/mol. The highest BCUT2D eigenvalue weighted by Crippen LogP contribution is 2.18. The number of ether oxygens (including phenoxy) is 1. The molecule has 2 amide bonds. The summed E-state index contributed by atoms with van der Waals surface area (Å²) in [7, 11) is 0. The van der Waals surface area contributed by atoms with Crippen molar-refractivity contribution >= 4 is 17.8 Å². The van der Waals surface area contributed by atoms with Crippen LogP contribution in [0.2, 0.25) is 0 Å². The lowest BCUT2D eigenvalue weighted by Gasteiger charge is -2.08. The molecule has 0 bridgehead atoms. The summed E-state index contributed by atoms with van der Waals surface area (Å²) in [5, 5.41) is 5.18. The van der Waals surface area contributed by atoms with Gasteiger partial charge in [0.05, 0.1) is 0 Å². The first kappa shape index (κ1) is 15.0. The Bertz CT molecular complexity index is 552. The molecule has 2 N–H and O–H groups in total. The number of esters is 1. The summed E-state index contributed by atoms with van der Waals surface area (Å²) >= 11 is 0. The molecule has 1 aliphatic carbocycles. The quantitative estimate of drug-likeness (QED) is 0.749. The fourth-order valence-electron chi connectivity index (χ4n) is 1.77. The lowest BCUT2D eigenvalue weighted by molar-refractivity contribution is -0.147. The Morgan fingerprint density at radius 1 is 1.24 bits per heavy atom. The Morgan fingerprint density at radius 2 is 1.95 bits per heavy atom. The smallest absolute Gasteiger partial charge is 0.325 e. The molecule has 0 radical (unpaired) electrons. The molecular weight excluding hydrogens is 272 g/mol. The number of carbonyl (C=O) groups is 3. The van der Waals surface area contributed by atoms with Gasteiger partial charge in [-0.25, -0.2) is 0 Å². The summed E-state index contributed by atoms with van der Waals surface area (Å²) in [5.74, 6) is -1.29. The molecule has 1 aromatic rings. The van der Waals surface area contributed by atoms with Crippen LogP contribution in [-0.4, -0.2) is 37.0 Å². The molecule has 6 nitrogen and oxygen atoms in total. The number of rotatable bonds is 6. The standard InChI is InChI=1S/C15H18N2O4/c1-10-4-2-3-5-12(10)15(20)16-8-14(19)21-9-13(18)17-11-6-7-11/h2-5,11H,6-9H2,1H3,(H,16,20)(H,17,18). The van der Waals surface area contributed by atoms with Crippen LogP contribution in [0.15, 0.2) is 24.3 Å². The predicted octanol–water partition coefficient (Wildman–Crippen LogP) is 0.547. The summed E-state index contributed by atoms with van der Waals surface area (Å²) in [4.78, 5) is 34.6. The molecule has 2 rings (SSSR count). The van der Waals surface area contributed by atoms with E-state index in [1.807, 2.05) is 19.1 Å². The van der Waals surface area contributed by atoms with Crippen molar-refractivity contribution in [3.63, 3.8) is 0 Å². The van der Waals surface area contributed by atoms with Crippen LogP contribution in [0, 0.1) is 6.92 Å². The van der Waals surface area contributed by atoms with E-state index in [0.29, 0.717) is 5.56 Å². The molecule has 0 atom stereocenters. The van der Waals surface area contributed by atoms with Crippen LogP contribution < -0.4 is 10.6 Å². The third-order valence-electron chi connectivity index (χ3n) is 3.09. The number of hydrogen-bond acceptors (Lipinski definition) is 4. The minimum Gasteiger partial charge on any atom is -0.454 e. The van der Waals surface area contributed by atoms with E-state index in [0.717, 1.165) is 18.4 Å². The van der Waals surface area contributed by atoms with E-state index >= 15 is 0 Å². The number of carbonyl (C=O) groups excluding carboxylic acids is 3. The van der Waals surface area contributed by atoms with Gasteiger partial charge in [-0.05, 0) is 31.4 Å². The summed E-state index contributed by atoms with van der Waals surface area (Å²) < 4.78 is 4.78. The average molecular weight is 290 g/mol. The topological polar surface area (TPSA) is 84.5 Å². The van der Waals surface area contributed by atoms with Crippen molar-refractivity contribution < 1.29 is 19.1 Å². The van der Waals surface area contributed by atoms with E-state index in [2.05, 4.69) is 10.6 Å². The molecule has 112 valence electrons. The Morgan fingerprint density at radius 3 is 2.62 bits per heavy atom. The highest BCUT2D eigenvalue weighted by Gasteiger charge is 2.23. The van der Waals surface area contributed by atoms with Gasteiger partial charge < -0.3 is 15.4 Å². The maximum Gasteiger partial charge on any atom is 0.325 e. The molecule has 1 aromatic carbocycles. The first-order valence-corrected chi connectivity index (χ1v) is 6.85. The molecule has 0 aromatic heterocycles. The number of amides is 2. The third kappa shape index (κ3) is 4.91. The second kappa shape index (κ2) is 6.88. The number of nitrogens with one attached hydrogen (secondary N) is 2. The molecule has 0 saturated heterocycles. The first-order valence-electron chi connectivity index (χ1n) is 6.85. The lowest BCUT2D eigenvalue weighted by Crippen LogP contribution is -2.34. The second-order valence-corrected chi connectivity index (χ2v) is 5.00. The molecule has 1 saturated carbocycles. The van der Waals surface area contributed by atoms with Gasteiger partial charge in [0.1, 0.15) is 6.54 Å². The Kier molecular flexibility index (Phi) is 4.92. The van der Waals surface area contributed by atoms with Crippen molar-refractivity contribution in [1.82, 2.24) is 10.6 Å². The van der Waals surface area contributed by atoms with Gasteiger partial charge in [-0.3, -0.25) is 14.4 Å². The van der Waals surface area contributed by atoms with E-state index in [1.165, 1.54) is 0 Å². The van der Waals surface area contributed by atoms with Crippen molar-refractivity contribution in [2.45, 2.75) is 25.8 Å². The molecular formula is C15H18N2O4. The fraction of sp³-hybridized carbons (Fsp3) is 0.400.